The predicted octanol–water partition coefficient (Wildman–Crippen LogP) is 3.93. The van der Waals surface area contributed by atoms with E-state index in [1.165, 1.54) is 17.7 Å². The van der Waals surface area contributed by atoms with Crippen LogP contribution >= 0.6 is 12.2 Å². The lowest BCUT2D eigenvalue weighted by Gasteiger charge is -2.25. The monoisotopic (exact) mass is 288 g/mol. The van der Waals surface area contributed by atoms with Gasteiger partial charge in [-0.15, -0.1) is 0 Å². The Morgan fingerprint density at radius 2 is 1.85 bits per heavy atom. The van der Waals surface area contributed by atoms with E-state index >= 15 is 0 Å². The standard InChI is InChI=1S/C16H17FN2S/c1-3-19(13-7-4-11(2)5-8-13)15-9-6-12(17)10-14(15)16(18)20/h4-10H,3H2,1-2H3,(H2,18,20). The van der Waals surface area contributed by atoms with E-state index in [4.69, 9.17) is 18.0 Å². The molecule has 0 amide bonds. The van der Waals surface area contributed by atoms with Crippen molar-refractivity contribution >= 4 is 28.6 Å². The summed E-state index contributed by atoms with van der Waals surface area (Å²) in [7, 11) is 0. The van der Waals surface area contributed by atoms with Gasteiger partial charge in [-0.3, -0.25) is 0 Å². The Hall–Kier alpha value is -1.94. The highest BCUT2D eigenvalue weighted by Crippen LogP contribution is 2.29. The second-order valence-electron chi connectivity index (χ2n) is 4.61. The van der Waals surface area contributed by atoms with E-state index in [9.17, 15) is 4.39 Å². The number of halogens is 1. The fraction of sp³-hybridized carbons (Fsp3) is 0.188. The fourth-order valence-corrected chi connectivity index (χ4v) is 2.32. The van der Waals surface area contributed by atoms with E-state index < -0.39 is 0 Å². The third kappa shape index (κ3) is 2.96. The van der Waals surface area contributed by atoms with E-state index in [1.54, 1.807) is 6.07 Å². The van der Waals surface area contributed by atoms with E-state index in [0.29, 0.717) is 5.56 Å². The van der Waals surface area contributed by atoms with E-state index in [0.717, 1.165) is 17.9 Å². The van der Waals surface area contributed by atoms with Gasteiger partial charge in [-0.05, 0) is 44.2 Å². The zero-order valence-corrected chi connectivity index (χ0v) is 12.4. The molecule has 0 aliphatic carbocycles. The Morgan fingerprint density at radius 3 is 2.40 bits per heavy atom. The number of benzene rings is 2. The molecule has 0 saturated carbocycles. The number of hydrogen-bond acceptors (Lipinski definition) is 2. The highest BCUT2D eigenvalue weighted by atomic mass is 32.1. The fourth-order valence-electron chi connectivity index (χ4n) is 2.16. The van der Waals surface area contributed by atoms with Crippen LogP contribution in [0.1, 0.15) is 18.1 Å². The topological polar surface area (TPSA) is 29.3 Å². The third-order valence-corrected chi connectivity index (χ3v) is 3.40. The molecule has 2 aromatic rings. The molecule has 0 unspecified atom stereocenters. The van der Waals surface area contributed by atoms with E-state index in [1.807, 2.05) is 38.1 Å². The summed E-state index contributed by atoms with van der Waals surface area (Å²) in [4.78, 5) is 2.26. The Morgan fingerprint density at radius 1 is 1.20 bits per heavy atom. The van der Waals surface area contributed by atoms with Crippen LogP contribution in [0.2, 0.25) is 0 Å². The molecule has 0 heterocycles. The maximum atomic E-state index is 13.4. The first-order valence-electron chi connectivity index (χ1n) is 6.46. The molecule has 0 saturated heterocycles. The van der Waals surface area contributed by atoms with E-state index in [-0.39, 0.29) is 10.8 Å². The lowest BCUT2D eigenvalue weighted by molar-refractivity contribution is 0.627. The molecule has 20 heavy (non-hydrogen) atoms. The summed E-state index contributed by atoms with van der Waals surface area (Å²) in [5.41, 5.74) is 9.32. The van der Waals surface area contributed by atoms with Crippen molar-refractivity contribution in [3.8, 4) is 0 Å². The normalized spacial score (nSPS) is 10.3. The molecule has 2 rings (SSSR count). The smallest absolute Gasteiger partial charge is 0.124 e. The van der Waals surface area contributed by atoms with Gasteiger partial charge in [0.05, 0.1) is 5.69 Å². The van der Waals surface area contributed by atoms with Crippen LogP contribution in [-0.2, 0) is 0 Å². The quantitative estimate of drug-likeness (QED) is 0.864. The predicted molar refractivity (Wildman–Crippen MR) is 86.1 cm³/mol. The van der Waals surface area contributed by atoms with Gasteiger partial charge in [-0.1, -0.05) is 29.9 Å². The van der Waals surface area contributed by atoms with Crippen molar-refractivity contribution in [3.63, 3.8) is 0 Å². The minimum absolute atomic E-state index is 0.199. The highest BCUT2D eigenvalue weighted by Gasteiger charge is 2.14. The second-order valence-corrected chi connectivity index (χ2v) is 5.05. The molecule has 104 valence electrons. The molecular weight excluding hydrogens is 271 g/mol. The van der Waals surface area contributed by atoms with Crippen molar-refractivity contribution in [3.05, 3.63) is 59.4 Å². The summed E-state index contributed by atoms with van der Waals surface area (Å²) in [6.07, 6.45) is 0. The van der Waals surface area contributed by atoms with Gasteiger partial charge in [0.2, 0.25) is 0 Å². The van der Waals surface area contributed by atoms with Crippen molar-refractivity contribution in [2.75, 3.05) is 11.4 Å². The van der Waals surface area contributed by atoms with Crippen molar-refractivity contribution in [1.29, 1.82) is 0 Å². The zero-order valence-electron chi connectivity index (χ0n) is 11.6. The van der Waals surface area contributed by atoms with Gasteiger partial charge in [-0.2, -0.15) is 0 Å². The molecule has 2 aromatic carbocycles. The first-order chi connectivity index (χ1) is 9.52. The van der Waals surface area contributed by atoms with Gasteiger partial charge in [0.15, 0.2) is 0 Å². The van der Waals surface area contributed by atoms with Crippen LogP contribution in [0.25, 0.3) is 0 Å². The van der Waals surface area contributed by atoms with Gasteiger partial charge in [0, 0.05) is 17.8 Å². The molecule has 0 aliphatic heterocycles. The minimum Gasteiger partial charge on any atom is -0.389 e. The molecule has 0 spiro atoms. The number of hydrogen-bond donors (Lipinski definition) is 1. The zero-order chi connectivity index (χ0) is 14.7. The number of nitrogens with zero attached hydrogens (tertiary/aromatic N) is 1. The number of nitrogens with two attached hydrogens (primary N) is 1. The SMILES string of the molecule is CCN(c1ccc(C)cc1)c1ccc(F)cc1C(N)=S. The molecule has 2 N–H and O–H groups in total. The van der Waals surface area contributed by atoms with Gasteiger partial charge >= 0.3 is 0 Å². The van der Waals surface area contributed by atoms with E-state index in [2.05, 4.69) is 4.90 Å². The molecule has 0 atom stereocenters. The molecule has 0 radical (unpaired) electrons. The Kier molecular flexibility index (Phi) is 4.35. The molecule has 2 nitrogen and oxygen atoms in total. The molecular formula is C16H17FN2S. The highest BCUT2D eigenvalue weighted by molar-refractivity contribution is 7.80. The Bertz CT molecular complexity index is 623. The molecule has 0 fully saturated rings. The molecule has 4 heteroatoms. The lowest BCUT2D eigenvalue weighted by Crippen LogP contribution is -2.21. The average Bonchev–Trinajstić information content (AvgIpc) is 2.43. The van der Waals surface area contributed by atoms with Crippen LogP contribution in [-0.4, -0.2) is 11.5 Å². The largest absolute Gasteiger partial charge is 0.389 e. The Labute approximate surface area is 124 Å². The van der Waals surface area contributed by atoms with Crippen LogP contribution in [0, 0.1) is 12.7 Å². The van der Waals surface area contributed by atoms with Crippen LogP contribution in [0.3, 0.4) is 0 Å². The van der Waals surface area contributed by atoms with Crippen molar-refractivity contribution in [2.45, 2.75) is 13.8 Å². The summed E-state index contributed by atoms with van der Waals surface area (Å²) < 4.78 is 13.4. The maximum Gasteiger partial charge on any atom is 0.124 e. The second kappa shape index (κ2) is 6.01. The summed E-state index contributed by atoms with van der Waals surface area (Å²) in [6, 6.07) is 12.7. The van der Waals surface area contributed by atoms with Crippen molar-refractivity contribution in [2.24, 2.45) is 5.73 Å². The summed E-state index contributed by atoms with van der Waals surface area (Å²) in [5, 5.41) is 0. The van der Waals surface area contributed by atoms with Gasteiger partial charge in [0.1, 0.15) is 10.8 Å². The minimum atomic E-state index is -0.337. The lowest BCUT2D eigenvalue weighted by atomic mass is 10.1. The summed E-state index contributed by atoms with van der Waals surface area (Å²) in [5.74, 6) is -0.337. The third-order valence-electron chi connectivity index (χ3n) is 3.18. The van der Waals surface area contributed by atoms with Crippen LogP contribution in [0.15, 0.2) is 42.5 Å². The van der Waals surface area contributed by atoms with Crippen LogP contribution < -0.4 is 10.6 Å². The molecule has 0 bridgehead atoms. The van der Waals surface area contributed by atoms with Crippen molar-refractivity contribution < 1.29 is 4.39 Å². The molecule has 0 aromatic heterocycles. The van der Waals surface area contributed by atoms with Gasteiger partial charge in [0.25, 0.3) is 0 Å². The number of rotatable bonds is 4. The van der Waals surface area contributed by atoms with Gasteiger partial charge in [-0.25, -0.2) is 4.39 Å². The number of thiocarbonyl (C=S) groups is 1. The number of anilines is 2. The molecule has 0 aliphatic rings. The summed E-state index contributed by atoms with van der Waals surface area (Å²) in [6.45, 7) is 4.81. The Balaban J connectivity index is 2.51. The van der Waals surface area contributed by atoms with Crippen LogP contribution in [0.4, 0.5) is 15.8 Å². The average molecular weight is 288 g/mol. The van der Waals surface area contributed by atoms with Crippen molar-refractivity contribution in [1.82, 2.24) is 0 Å². The first-order valence-corrected chi connectivity index (χ1v) is 6.87. The van der Waals surface area contributed by atoms with Crippen LogP contribution in [0.5, 0.6) is 0 Å². The maximum absolute atomic E-state index is 13.4. The summed E-state index contributed by atoms with van der Waals surface area (Å²) >= 11 is 5.03. The van der Waals surface area contributed by atoms with Gasteiger partial charge < -0.3 is 10.6 Å². The first kappa shape index (κ1) is 14.5. The number of aryl methyl sites for hydroxylation is 1.